The van der Waals surface area contributed by atoms with Crippen LogP contribution in [0.25, 0.3) is 0 Å². The number of aliphatic hydroxyl groups is 2. The summed E-state index contributed by atoms with van der Waals surface area (Å²) in [6, 6.07) is 8.48. The molecule has 0 saturated carbocycles. The molecule has 0 aromatic heterocycles. The van der Waals surface area contributed by atoms with E-state index in [1.807, 2.05) is 6.92 Å². The van der Waals surface area contributed by atoms with E-state index in [1.54, 1.807) is 0 Å². The number of para-hydroxylation sites is 1. The Balaban J connectivity index is 2.23. The number of hydrogen-bond acceptors (Lipinski definition) is 3. The summed E-state index contributed by atoms with van der Waals surface area (Å²) >= 11 is 0. The molecule has 1 aromatic carbocycles. The van der Waals surface area contributed by atoms with Gasteiger partial charge < -0.3 is 15.1 Å². The Morgan fingerprint density at radius 2 is 1.89 bits per heavy atom. The highest BCUT2D eigenvalue weighted by Crippen LogP contribution is 2.29. The van der Waals surface area contributed by atoms with E-state index in [0.717, 1.165) is 13.0 Å². The van der Waals surface area contributed by atoms with Crippen molar-refractivity contribution in [1.29, 1.82) is 0 Å². The average Bonchev–Trinajstić information content (AvgIpc) is 2.61. The normalized spacial score (nSPS) is 16.3. The Bertz CT molecular complexity index is 388. The van der Waals surface area contributed by atoms with Crippen LogP contribution in [0.15, 0.2) is 24.3 Å². The predicted octanol–water partition coefficient (Wildman–Crippen LogP) is 1.82. The maximum Gasteiger partial charge on any atom is 0.0523 e. The zero-order chi connectivity index (χ0) is 13.0. The third kappa shape index (κ3) is 2.85. The summed E-state index contributed by atoms with van der Waals surface area (Å²) in [6.07, 6.45) is 3.51. The second-order valence-corrected chi connectivity index (χ2v) is 5.63. The van der Waals surface area contributed by atoms with Crippen LogP contribution in [0.5, 0.6) is 0 Å². The van der Waals surface area contributed by atoms with Crippen LogP contribution < -0.4 is 4.90 Å². The minimum atomic E-state index is -0.433. The first-order chi connectivity index (χ1) is 8.68. The third-order valence-electron chi connectivity index (χ3n) is 3.79. The first-order valence-corrected chi connectivity index (χ1v) is 6.73. The van der Waals surface area contributed by atoms with E-state index >= 15 is 0 Å². The summed E-state index contributed by atoms with van der Waals surface area (Å²) in [5.41, 5.74) is 2.22. The fourth-order valence-corrected chi connectivity index (χ4v) is 2.54. The van der Waals surface area contributed by atoms with Crippen LogP contribution in [0.4, 0.5) is 5.69 Å². The molecule has 1 aromatic rings. The summed E-state index contributed by atoms with van der Waals surface area (Å²) in [6.45, 7) is 3.68. The van der Waals surface area contributed by atoms with E-state index in [-0.39, 0.29) is 13.2 Å². The van der Waals surface area contributed by atoms with E-state index in [2.05, 4.69) is 29.2 Å². The lowest BCUT2D eigenvalue weighted by atomic mass is 9.92. The molecule has 3 nitrogen and oxygen atoms in total. The molecule has 0 bridgehead atoms. The monoisotopic (exact) mass is 249 g/mol. The summed E-state index contributed by atoms with van der Waals surface area (Å²) in [7, 11) is 0. The standard InChI is InChI=1S/C15H23NO2/c1-15(11-17,12-18)10-16-9-5-4-7-13-6-2-3-8-14(13)16/h2-3,6,8,17-18H,4-5,7,9-12H2,1H3. The van der Waals surface area contributed by atoms with Crippen LogP contribution in [0, 0.1) is 5.41 Å². The van der Waals surface area contributed by atoms with Gasteiger partial charge in [0.05, 0.1) is 13.2 Å². The van der Waals surface area contributed by atoms with Crippen molar-refractivity contribution >= 4 is 5.69 Å². The number of aliphatic hydroxyl groups excluding tert-OH is 2. The largest absolute Gasteiger partial charge is 0.396 e. The molecule has 0 saturated heterocycles. The topological polar surface area (TPSA) is 43.7 Å². The van der Waals surface area contributed by atoms with Crippen molar-refractivity contribution in [3.8, 4) is 0 Å². The summed E-state index contributed by atoms with van der Waals surface area (Å²) in [5.74, 6) is 0. The minimum Gasteiger partial charge on any atom is -0.396 e. The summed E-state index contributed by atoms with van der Waals surface area (Å²) in [4.78, 5) is 2.31. The molecule has 3 heteroatoms. The average molecular weight is 249 g/mol. The molecule has 18 heavy (non-hydrogen) atoms. The van der Waals surface area contributed by atoms with Crippen LogP contribution in [0.3, 0.4) is 0 Å². The molecule has 0 radical (unpaired) electrons. The van der Waals surface area contributed by atoms with Gasteiger partial charge in [-0.3, -0.25) is 0 Å². The SMILES string of the molecule is CC(CO)(CO)CN1CCCCc2ccccc21. The molecule has 0 atom stereocenters. The van der Waals surface area contributed by atoms with Crippen molar-refractivity contribution in [3.05, 3.63) is 29.8 Å². The molecule has 0 unspecified atom stereocenters. The molecule has 2 N–H and O–H groups in total. The second kappa shape index (κ2) is 5.72. The van der Waals surface area contributed by atoms with Crippen molar-refractivity contribution < 1.29 is 10.2 Å². The van der Waals surface area contributed by atoms with E-state index in [4.69, 9.17) is 0 Å². The Labute approximate surface area is 109 Å². The van der Waals surface area contributed by atoms with Gasteiger partial charge in [-0.25, -0.2) is 0 Å². The van der Waals surface area contributed by atoms with Crippen molar-refractivity contribution in [3.63, 3.8) is 0 Å². The molecule has 2 rings (SSSR count). The first-order valence-electron chi connectivity index (χ1n) is 6.73. The Hall–Kier alpha value is -1.06. The van der Waals surface area contributed by atoms with Gasteiger partial charge >= 0.3 is 0 Å². The molecule has 100 valence electrons. The Morgan fingerprint density at radius 3 is 2.61 bits per heavy atom. The van der Waals surface area contributed by atoms with Gasteiger partial charge in [0.15, 0.2) is 0 Å². The molecule has 0 fully saturated rings. The lowest BCUT2D eigenvalue weighted by Gasteiger charge is -2.34. The lowest BCUT2D eigenvalue weighted by molar-refractivity contribution is 0.0753. The number of benzene rings is 1. The highest BCUT2D eigenvalue weighted by molar-refractivity contribution is 5.54. The van der Waals surface area contributed by atoms with Gasteiger partial charge in [0.1, 0.15) is 0 Å². The zero-order valence-corrected chi connectivity index (χ0v) is 11.1. The quantitative estimate of drug-likeness (QED) is 0.855. The minimum absolute atomic E-state index is 0.0160. The maximum absolute atomic E-state index is 9.45. The number of anilines is 1. The van der Waals surface area contributed by atoms with Crippen molar-refractivity contribution in [2.24, 2.45) is 5.41 Å². The number of aryl methyl sites for hydroxylation is 1. The van der Waals surface area contributed by atoms with Gasteiger partial charge in [-0.2, -0.15) is 0 Å². The number of nitrogens with zero attached hydrogens (tertiary/aromatic N) is 1. The molecule has 0 spiro atoms. The van der Waals surface area contributed by atoms with Crippen molar-refractivity contribution in [2.75, 3.05) is 31.2 Å². The van der Waals surface area contributed by atoms with E-state index < -0.39 is 5.41 Å². The van der Waals surface area contributed by atoms with Gasteiger partial charge in [-0.05, 0) is 30.9 Å². The van der Waals surface area contributed by atoms with Gasteiger partial charge in [0.2, 0.25) is 0 Å². The van der Waals surface area contributed by atoms with Gasteiger partial charge in [-0.15, -0.1) is 0 Å². The molecule has 1 heterocycles. The Kier molecular flexibility index (Phi) is 4.25. The van der Waals surface area contributed by atoms with Crippen molar-refractivity contribution in [1.82, 2.24) is 0 Å². The molecule has 0 aliphatic carbocycles. The van der Waals surface area contributed by atoms with E-state index in [9.17, 15) is 10.2 Å². The number of fused-ring (bicyclic) bond motifs is 1. The van der Waals surface area contributed by atoms with E-state index in [0.29, 0.717) is 6.54 Å². The number of rotatable bonds is 4. The molecular weight excluding hydrogens is 226 g/mol. The number of hydrogen-bond donors (Lipinski definition) is 2. The van der Waals surface area contributed by atoms with Gasteiger partial charge in [0, 0.05) is 24.2 Å². The lowest BCUT2D eigenvalue weighted by Crippen LogP contribution is -2.41. The molecule has 1 aliphatic rings. The van der Waals surface area contributed by atoms with Gasteiger partial charge in [0.25, 0.3) is 0 Å². The highest BCUT2D eigenvalue weighted by Gasteiger charge is 2.27. The second-order valence-electron chi connectivity index (χ2n) is 5.63. The maximum atomic E-state index is 9.45. The van der Waals surface area contributed by atoms with Crippen LogP contribution in [-0.2, 0) is 6.42 Å². The van der Waals surface area contributed by atoms with Gasteiger partial charge in [-0.1, -0.05) is 25.1 Å². The first kappa shape index (κ1) is 13.4. The van der Waals surface area contributed by atoms with Crippen molar-refractivity contribution in [2.45, 2.75) is 26.2 Å². The Morgan fingerprint density at radius 1 is 1.17 bits per heavy atom. The highest BCUT2D eigenvalue weighted by atomic mass is 16.3. The summed E-state index contributed by atoms with van der Waals surface area (Å²) in [5, 5.41) is 18.9. The fraction of sp³-hybridized carbons (Fsp3) is 0.600. The fourth-order valence-electron chi connectivity index (χ4n) is 2.54. The third-order valence-corrected chi connectivity index (χ3v) is 3.79. The van der Waals surface area contributed by atoms with Crippen LogP contribution in [-0.4, -0.2) is 36.5 Å². The predicted molar refractivity (Wildman–Crippen MR) is 73.9 cm³/mol. The van der Waals surface area contributed by atoms with Crippen LogP contribution in [0.2, 0.25) is 0 Å². The molecular formula is C15H23NO2. The van der Waals surface area contributed by atoms with Crippen LogP contribution >= 0.6 is 0 Å². The molecule has 0 amide bonds. The summed E-state index contributed by atoms with van der Waals surface area (Å²) < 4.78 is 0. The molecule has 1 aliphatic heterocycles. The zero-order valence-electron chi connectivity index (χ0n) is 11.1. The van der Waals surface area contributed by atoms with E-state index in [1.165, 1.54) is 24.1 Å². The van der Waals surface area contributed by atoms with Crippen LogP contribution in [0.1, 0.15) is 25.3 Å². The smallest absolute Gasteiger partial charge is 0.0523 e.